The smallest absolute Gasteiger partial charge is 0.147 e. The lowest BCUT2D eigenvalue weighted by Crippen LogP contribution is -2.07. The first kappa shape index (κ1) is 13.2. The number of aromatic nitrogens is 2. The van der Waals surface area contributed by atoms with Crippen molar-refractivity contribution in [3.63, 3.8) is 0 Å². The van der Waals surface area contributed by atoms with Gasteiger partial charge in [0.05, 0.1) is 11.2 Å². The van der Waals surface area contributed by atoms with Gasteiger partial charge in [-0.25, -0.2) is 4.98 Å². The molecule has 0 amide bonds. The molecule has 2 rings (SSSR count). The molecule has 0 bridgehead atoms. The Labute approximate surface area is 115 Å². The fraction of sp³-hybridized carbons (Fsp3) is 0.250. The van der Waals surface area contributed by atoms with E-state index in [0.717, 1.165) is 11.4 Å². The number of benzene rings is 1. The number of hydrogen-bond donors (Lipinski definition) is 1. The van der Waals surface area contributed by atoms with Crippen LogP contribution in [0, 0.1) is 0 Å². The third kappa shape index (κ3) is 2.61. The zero-order chi connectivity index (χ0) is 13.1. The van der Waals surface area contributed by atoms with Crippen molar-refractivity contribution in [1.29, 1.82) is 0 Å². The predicted molar refractivity (Wildman–Crippen MR) is 71.9 cm³/mol. The summed E-state index contributed by atoms with van der Waals surface area (Å²) in [4.78, 5) is 4.15. The van der Waals surface area contributed by atoms with Gasteiger partial charge in [0.25, 0.3) is 0 Å². The maximum Gasteiger partial charge on any atom is 0.147 e. The maximum absolute atomic E-state index is 6.09. The van der Waals surface area contributed by atoms with Gasteiger partial charge in [0.15, 0.2) is 0 Å². The topological polar surface area (TPSA) is 53.1 Å². The Morgan fingerprint density at radius 2 is 2.17 bits per heavy atom. The van der Waals surface area contributed by atoms with Crippen LogP contribution in [0.1, 0.15) is 11.4 Å². The zero-order valence-corrected chi connectivity index (χ0v) is 11.4. The van der Waals surface area contributed by atoms with Crippen LogP contribution in [0.5, 0.6) is 5.75 Å². The number of nitrogens with zero attached hydrogens (tertiary/aromatic N) is 2. The van der Waals surface area contributed by atoms with E-state index in [2.05, 4.69) is 4.98 Å². The minimum absolute atomic E-state index is 0.292. The number of nitrogens with two attached hydrogens (primary N) is 1. The van der Waals surface area contributed by atoms with Crippen LogP contribution in [-0.4, -0.2) is 9.55 Å². The monoisotopic (exact) mass is 285 g/mol. The first-order valence-corrected chi connectivity index (χ1v) is 6.15. The third-order valence-electron chi connectivity index (χ3n) is 2.64. The Bertz CT molecular complexity index is 554. The molecule has 4 nitrogen and oxygen atoms in total. The molecule has 0 saturated heterocycles. The molecule has 0 spiro atoms. The normalized spacial score (nSPS) is 10.7. The van der Waals surface area contributed by atoms with Crippen LogP contribution >= 0.6 is 23.2 Å². The lowest BCUT2D eigenvalue weighted by atomic mass is 10.2. The number of rotatable bonds is 4. The number of hydrogen-bond acceptors (Lipinski definition) is 3. The van der Waals surface area contributed by atoms with Gasteiger partial charge in [0.1, 0.15) is 23.3 Å². The van der Waals surface area contributed by atoms with Crippen LogP contribution in [-0.2, 0) is 20.2 Å². The number of para-hydroxylation sites is 1. The predicted octanol–water partition coefficient (Wildman–Crippen LogP) is 2.76. The van der Waals surface area contributed by atoms with Crippen molar-refractivity contribution in [3.8, 4) is 5.75 Å². The van der Waals surface area contributed by atoms with E-state index in [-0.39, 0.29) is 0 Å². The second-order valence-electron chi connectivity index (χ2n) is 3.78. The molecule has 0 radical (unpaired) electrons. The van der Waals surface area contributed by atoms with Gasteiger partial charge in [-0.3, -0.25) is 0 Å². The molecule has 0 aliphatic heterocycles. The molecule has 18 heavy (non-hydrogen) atoms. The zero-order valence-electron chi connectivity index (χ0n) is 9.86. The lowest BCUT2D eigenvalue weighted by molar-refractivity contribution is 0.289. The summed E-state index contributed by atoms with van der Waals surface area (Å²) in [5, 5.41) is 1.10. The summed E-state index contributed by atoms with van der Waals surface area (Å²) in [5.74, 6) is 1.32. The van der Waals surface area contributed by atoms with E-state index < -0.39 is 0 Å². The van der Waals surface area contributed by atoms with E-state index in [1.54, 1.807) is 16.8 Å². The first-order chi connectivity index (χ1) is 8.63. The summed E-state index contributed by atoms with van der Waals surface area (Å²) < 4.78 is 7.44. The van der Waals surface area contributed by atoms with Crippen molar-refractivity contribution < 1.29 is 4.74 Å². The number of ether oxygens (including phenoxy) is 1. The number of halogens is 2. The molecule has 0 fully saturated rings. The van der Waals surface area contributed by atoms with Crippen LogP contribution in [0.3, 0.4) is 0 Å². The molecule has 0 saturated carbocycles. The minimum Gasteiger partial charge on any atom is -0.484 e. The Balaban J connectivity index is 2.18. The van der Waals surface area contributed by atoms with Gasteiger partial charge in [0, 0.05) is 19.2 Å². The van der Waals surface area contributed by atoms with Gasteiger partial charge in [-0.05, 0) is 6.07 Å². The maximum atomic E-state index is 6.09. The van der Waals surface area contributed by atoms with Crippen molar-refractivity contribution in [2.75, 3.05) is 0 Å². The lowest BCUT2D eigenvalue weighted by Gasteiger charge is -2.12. The molecule has 0 unspecified atom stereocenters. The fourth-order valence-electron chi connectivity index (χ4n) is 1.57. The van der Waals surface area contributed by atoms with Crippen molar-refractivity contribution >= 4 is 23.2 Å². The fourth-order valence-corrected chi connectivity index (χ4v) is 1.97. The van der Waals surface area contributed by atoms with E-state index in [4.69, 9.17) is 33.7 Å². The molecule has 0 aliphatic carbocycles. The van der Waals surface area contributed by atoms with E-state index in [1.165, 1.54) is 0 Å². The van der Waals surface area contributed by atoms with Crippen molar-refractivity contribution in [1.82, 2.24) is 9.55 Å². The highest BCUT2D eigenvalue weighted by Crippen LogP contribution is 2.29. The van der Waals surface area contributed by atoms with Gasteiger partial charge >= 0.3 is 0 Å². The van der Waals surface area contributed by atoms with E-state index in [0.29, 0.717) is 29.1 Å². The summed E-state index contributed by atoms with van der Waals surface area (Å²) >= 11 is 12.0. The summed E-state index contributed by atoms with van der Waals surface area (Å²) in [7, 11) is 1.82. The van der Waals surface area contributed by atoms with E-state index in [9.17, 15) is 0 Å². The van der Waals surface area contributed by atoms with Gasteiger partial charge < -0.3 is 15.0 Å². The second kappa shape index (κ2) is 5.61. The molecule has 1 aromatic heterocycles. The van der Waals surface area contributed by atoms with Gasteiger partial charge in [-0.1, -0.05) is 35.3 Å². The summed E-state index contributed by atoms with van der Waals surface area (Å²) in [6, 6.07) is 5.49. The summed E-state index contributed by atoms with van der Waals surface area (Å²) in [6.07, 6.45) is 1.58. The molecular formula is C12H13Cl2N3O. The Morgan fingerprint density at radius 3 is 2.78 bits per heavy atom. The summed E-state index contributed by atoms with van der Waals surface area (Å²) in [6.45, 7) is 0.664. The van der Waals surface area contributed by atoms with Crippen LogP contribution in [0.15, 0.2) is 24.4 Å². The average molecular weight is 286 g/mol. The molecule has 1 aromatic carbocycles. The molecule has 0 atom stereocenters. The van der Waals surface area contributed by atoms with Gasteiger partial charge in [-0.15, -0.1) is 0 Å². The van der Waals surface area contributed by atoms with Crippen LogP contribution in [0.2, 0.25) is 10.2 Å². The highest BCUT2D eigenvalue weighted by atomic mass is 35.5. The van der Waals surface area contributed by atoms with Crippen molar-refractivity contribution in [2.45, 2.75) is 13.2 Å². The molecule has 1 heterocycles. The van der Waals surface area contributed by atoms with Gasteiger partial charge in [0.2, 0.25) is 0 Å². The van der Waals surface area contributed by atoms with Crippen molar-refractivity contribution in [2.24, 2.45) is 12.8 Å². The number of imidazole rings is 1. The molecule has 2 aromatic rings. The van der Waals surface area contributed by atoms with E-state index in [1.807, 2.05) is 19.2 Å². The molecular weight excluding hydrogens is 273 g/mol. The molecule has 96 valence electrons. The second-order valence-corrected chi connectivity index (χ2v) is 4.57. The van der Waals surface area contributed by atoms with Gasteiger partial charge in [-0.2, -0.15) is 0 Å². The largest absolute Gasteiger partial charge is 0.484 e. The minimum atomic E-state index is 0.292. The summed E-state index contributed by atoms with van der Waals surface area (Å²) in [5.41, 5.74) is 6.51. The standard InChI is InChI=1S/C12H13Cl2N3O/c1-17-10(14)6-16-11(17)7-18-12-8(5-15)3-2-4-9(12)13/h2-4,6H,5,7,15H2,1H3. The quantitative estimate of drug-likeness (QED) is 0.940. The van der Waals surface area contributed by atoms with Crippen LogP contribution < -0.4 is 10.5 Å². The van der Waals surface area contributed by atoms with Crippen LogP contribution in [0.25, 0.3) is 0 Å². The Morgan fingerprint density at radius 1 is 1.39 bits per heavy atom. The van der Waals surface area contributed by atoms with E-state index >= 15 is 0 Å². The molecule has 6 heteroatoms. The highest BCUT2D eigenvalue weighted by Gasteiger charge is 2.10. The van der Waals surface area contributed by atoms with Crippen LogP contribution in [0.4, 0.5) is 0 Å². The SMILES string of the molecule is Cn1c(Cl)cnc1COc1c(Cl)cccc1CN. The Hall–Kier alpha value is -1.23. The molecule has 2 N–H and O–H groups in total. The Kier molecular flexibility index (Phi) is 4.11. The average Bonchev–Trinajstić information content (AvgIpc) is 2.68. The molecule has 0 aliphatic rings. The van der Waals surface area contributed by atoms with Crippen molar-refractivity contribution in [3.05, 3.63) is 46.0 Å². The third-order valence-corrected chi connectivity index (χ3v) is 3.29. The first-order valence-electron chi connectivity index (χ1n) is 5.40. The highest BCUT2D eigenvalue weighted by molar-refractivity contribution is 6.32.